The van der Waals surface area contributed by atoms with Crippen molar-refractivity contribution < 1.29 is 4.74 Å². The average Bonchev–Trinajstić information content (AvgIpc) is 2.55. The Hall–Kier alpha value is -0.0400. The van der Waals surface area contributed by atoms with Crippen molar-refractivity contribution in [2.24, 2.45) is 23.7 Å². The van der Waals surface area contributed by atoms with Crippen molar-refractivity contribution in [3.8, 4) is 0 Å². The Balaban J connectivity index is 1.84. The lowest BCUT2D eigenvalue weighted by atomic mass is 9.83. The molecule has 0 aromatic rings. The predicted octanol–water partition coefficient (Wildman–Crippen LogP) is 1.68. The minimum atomic E-state index is 0.655. The summed E-state index contributed by atoms with van der Waals surface area (Å²) in [7, 11) is 1.88. The Morgan fingerprint density at radius 3 is 2.20 bits per heavy atom. The van der Waals surface area contributed by atoms with E-state index in [-0.39, 0.29) is 0 Å². The molecule has 0 amide bonds. The molecule has 10 heavy (non-hydrogen) atoms. The van der Waals surface area contributed by atoms with Crippen molar-refractivity contribution in [2.45, 2.75) is 25.4 Å². The van der Waals surface area contributed by atoms with Gasteiger partial charge in [-0.3, -0.25) is 0 Å². The normalized spacial score (nSPS) is 62.7. The summed E-state index contributed by atoms with van der Waals surface area (Å²) < 4.78 is 5.45. The lowest BCUT2D eigenvalue weighted by molar-refractivity contribution is 0.0238. The molecule has 4 fully saturated rings. The summed E-state index contributed by atoms with van der Waals surface area (Å²) in [5.74, 6) is 4.24. The Bertz CT molecular complexity index is 154. The molecule has 1 nitrogen and oxygen atoms in total. The average molecular weight is 138 g/mol. The molecule has 0 radical (unpaired) electrons. The molecule has 4 saturated carbocycles. The second-order valence-electron chi connectivity index (χ2n) is 4.25. The summed E-state index contributed by atoms with van der Waals surface area (Å²) in [5.41, 5.74) is 0. The molecule has 56 valence electrons. The van der Waals surface area contributed by atoms with E-state index in [0.717, 1.165) is 23.7 Å². The minimum Gasteiger partial charge on any atom is -0.381 e. The molecule has 3 atom stereocenters. The van der Waals surface area contributed by atoms with Crippen LogP contribution in [0.5, 0.6) is 0 Å². The van der Waals surface area contributed by atoms with Crippen LogP contribution < -0.4 is 0 Å². The third kappa shape index (κ3) is 0.493. The fourth-order valence-electron chi connectivity index (χ4n) is 3.49. The minimum absolute atomic E-state index is 0.655. The Morgan fingerprint density at radius 2 is 1.80 bits per heavy atom. The highest BCUT2D eigenvalue weighted by atomic mass is 16.5. The van der Waals surface area contributed by atoms with Gasteiger partial charge in [-0.05, 0) is 42.9 Å². The van der Waals surface area contributed by atoms with Crippen molar-refractivity contribution in [1.82, 2.24) is 0 Å². The van der Waals surface area contributed by atoms with Crippen LogP contribution in [-0.2, 0) is 4.74 Å². The van der Waals surface area contributed by atoms with Gasteiger partial charge in [-0.2, -0.15) is 0 Å². The van der Waals surface area contributed by atoms with Crippen LogP contribution in [-0.4, -0.2) is 13.2 Å². The first-order valence-corrected chi connectivity index (χ1v) is 4.43. The molecule has 4 aliphatic carbocycles. The number of methoxy groups -OCH3 is 1. The van der Waals surface area contributed by atoms with E-state index in [1.165, 1.54) is 19.3 Å². The molecule has 0 saturated heterocycles. The van der Waals surface area contributed by atoms with Gasteiger partial charge in [0.2, 0.25) is 0 Å². The molecule has 0 heterocycles. The summed E-state index contributed by atoms with van der Waals surface area (Å²) in [6, 6.07) is 0. The van der Waals surface area contributed by atoms with Crippen LogP contribution in [0.15, 0.2) is 0 Å². The van der Waals surface area contributed by atoms with Gasteiger partial charge < -0.3 is 4.74 Å². The molecule has 0 aromatic heterocycles. The lowest BCUT2D eigenvalue weighted by Crippen LogP contribution is -2.27. The number of fused-ring (bicyclic) bond motifs is 1. The first-order valence-electron chi connectivity index (χ1n) is 4.43. The predicted molar refractivity (Wildman–Crippen MR) is 38.6 cm³/mol. The maximum Gasteiger partial charge on any atom is 0.0607 e. The first-order chi connectivity index (χ1) is 4.90. The van der Waals surface area contributed by atoms with Crippen LogP contribution in [0.25, 0.3) is 0 Å². The molecule has 1 heteroatoms. The van der Waals surface area contributed by atoms with Crippen LogP contribution in [0.4, 0.5) is 0 Å². The maximum atomic E-state index is 5.45. The van der Waals surface area contributed by atoms with Gasteiger partial charge >= 0.3 is 0 Å². The van der Waals surface area contributed by atoms with E-state index < -0.39 is 0 Å². The summed E-state index contributed by atoms with van der Waals surface area (Å²) in [6.07, 6.45) is 5.10. The Labute approximate surface area is 61.8 Å². The number of ether oxygens (including phenoxy) is 1. The van der Waals surface area contributed by atoms with E-state index in [4.69, 9.17) is 4.74 Å². The lowest BCUT2D eigenvalue weighted by Gasteiger charge is -2.29. The second-order valence-corrected chi connectivity index (χ2v) is 4.25. The van der Waals surface area contributed by atoms with Crippen molar-refractivity contribution in [2.75, 3.05) is 7.11 Å². The van der Waals surface area contributed by atoms with Gasteiger partial charge in [0.15, 0.2) is 0 Å². The zero-order chi connectivity index (χ0) is 6.72. The van der Waals surface area contributed by atoms with Gasteiger partial charge in [0, 0.05) is 7.11 Å². The third-order valence-corrected chi connectivity index (χ3v) is 3.91. The molecule has 4 bridgehead atoms. The number of hydrogen-bond donors (Lipinski definition) is 0. The van der Waals surface area contributed by atoms with Gasteiger partial charge in [-0.15, -0.1) is 0 Å². The highest BCUT2D eigenvalue weighted by Crippen LogP contribution is 2.67. The fourth-order valence-corrected chi connectivity index (χ4v) is 3.49. The number of rotatable bonds is 1. The molecular weight excluding hydrogens is 124 g/mol. The van der Waals surface area contributed by atoms with E-state index in [9.17, 15) is 0 Å². The van der Waals surface area contributed by atoms with E-state index in [0.29, 0.717) is 6.10 Å². The fraction of sp³-hybridized carbons (Fsp3) is 1.00. The van der Waals surface area contributed by atoms with Gasteiger partial charge in [0.05, 0.1) is 6.10 Å². The van der Waals surface area contributed by atoms with Crippen molar-refractivity contribution in [3.05, 3.63) is 0 Å². The van der Waals surface area contributed by atoms with Crippen LogP contribution in [0.2, 0.25) is 0 Å². The van der Waals surface area contributed by atoms with Crippen LogP contribution in [0.3, 0.4) is 0 Å². The maximum absolute atomic E-state index is 5.45. The Kier molecular flexibility index (Phi) is 0.883. The molecule has 0 aliphatic heterocycles. The molecule has 3 unspecified atom stereocenters. The van der Waals surface area contributed by atoms with E-state index in [1.54, 1.807) is 0 Å². The largest absolute Gasteiger partial charge is 0.381 e. The van der Waals surface area contributed by atoms with E-state index in [2.05, 4.69) is 0 Å². The topological polar surface area (TPSA) is 9.23 Å². The highest BCUT2D eigenvalue weighted by Gasteiger charge is 2.63. The summed E-state index contributed by atoms with van der Waals surface area (Å²) in [6.45, 7) is 0. The van der Waals surface area contributed by atoms with Crippen molar-refractivity contribution in [3.63, 3.8) is 0 Å². The summed E-state index contributed by atoms with van der Waals surface area (Å²) >= 11 is 0. The summed E-state index contributed by atoms with van der Waals surface area (Å²) in [4.78, 5) is 0. The molecule has 0 aromatic carbocycles. The Morgan fingerprint density at radius 1 is 1.10 bits per heavy atom. The monoisotopic (exact) mass is 138 g/mol. The first kappa shape index (κ1) is 5.59. The van der Waals surface area contributed by atoms with Gasteiger partial charge in [0.25, 0.3) is 0 Å². The third-order valence-electron chi connectivity index (χ3n) is 3.91. The van der Waals surface area contributed by atoms with E-state index in [1.807, 2.05) is 7.11 Å². The van der Waals surface area contributed by atoms with Crippen molar-refractivity contribution >= 4 is 0 Å². The standard InChI is InChI=1S/C9H14O/c1-10-8-4-5-2-6-7(3-5)9(6)8/h5-9H,2-4H2,1H3. The smallest absolute Gasteiger partial charge is 0.0607 e. The molecular formula is C9H14O. The molecule has 0 N–H and O–H groups in total. The second kappa shape index (κ2) is 1.58. The van der Waals surface area contributed by atoms with Crippen LogP contribution in [0.1, 0.15) is 19.3 Å². The quantitative estimate of drug-likeness (QED) is 0.535. The highest BCUT2D eigenvalue weighted by molar-refractivity contribution is 5.11. The zero-order valence-electron chi connectivity index (χ0n) is 6.42. The molecule has 4 rings (SSSR count). The van der Waals surface area contributed by atoms with E-state index >= 15 is 0 Å². The molecule has 0 spiro atoms. The van der Waals surface area contributed by atoms with Crippen LogP contribution in [0, 0.1) is 23.7 Å². The van der Waals surface area contributed by atoms with Crippen molar-refractivity contribution in [1.29, 1.82) is 0 Å². The van der Waals surface area contributed by atoms with Crippen LogP contribution >= 0.6 is 0 Å². The van der Waals surface area contributed by atoms with Gasteiger partial charge in [-0.1, -0.05) is 0 Å². The summed E-state index contributed by atoms with van der Waals surface area (Å²) in [5, 5.41) is 0. The van der Waals surface area contributed by atoms with Gasteiger partial charge in [-0.25, -0.2) is 0 Å². The number of hydrogen-bond acceptors (Lipinski definition) is 1. The SMILES string of the molecule is COC1CC2CC3C(C2)C13. The molecule has 4 aliphatic rings. The zero-order valence-corrected chi connectivity index (χ0v) is 6.42. The van der Waals surface area contributed by atoms with Gasteiger partial charge in [0.1, 0.15) is 0 Å².